The molecule has 0 fully saturated rings. The summed E-state index contributed by atoms with van der Waals surface area (Å²) in [6.07, 6.45) is 0. The predicted octanol–water partition coefficient (Wildman–Crippen LogP) is 3.97. The highest BCUT2D eigenvalue weighted by atomic mass is 35.5. The molecule has 0 saturated heterocycles. The Morgan fingerprint density at radius 1 is 1.14 bits per heavy atom. The van der Waals surface area contributed by atoms with Gasteiger partial charge in [-0.05, 0) is 31.5 Å². The van der Waals surface area contributed by atoms with Crippen LogP contribution in [0.5, 0.6) is 0 Å². The molecule has 110 valence electrons. The molecule has 0 saturated carbocycles. The molecule has 0 radical (unpaired) electrons. The number of carbonyl (C=O) groups excluding carboxylic acids is 1. The van der Waals surface area contributed by atoms with Crippen LogP contribution in [0.4, 0.5) is 5.69 Å². The Hall–Kier alpha value is -2.00. The maximum Gasteiger partial charge on any atom is 0.255 e. The summed E-state index contributed by atoms with van der Waals surface area (Å²) in [6.45, 7) is 4.52. The SMILES string of the molecule is CC(C)N(Cc1ccccc1)C(=O)c1cccc(N)c1Cl. The highest BCUT2D eigenvalue weighted by Gasteiger charge is 2.21. The number of halogens is 1. The Kier molecular flexibility index (Phi) is 4.86. The molecule has 0 heterocycles. The van der Waals surface area contributed by atoms with E-state index < -0.39 is 0 Å². The van der Waals surface area contributed by atoms with Crippen molar-refractivity contribution < 1.29 is 4.79 Å². The van der Waals surface area contributed by atoms with Crippen molar-refractivity contribution in [1.82, 2.24) is 4.90 Å². The van der Waals surface area contributed by atoms with E-state index in [-0.39, 0.29) is 11.9 Å². The van der Waals surface area contributed by atoms with Gasteiger partial charge in [0.15, 0.2) is 0 Å². The molecule has 0 aromatic heterocycles. The lowest BCUT2D eigenvalue weighted by molar-refractivity contribution is 0.0690. The van der Waals surface area contributed by atoms with Crippen LogP contribution in [-0.2, 0) is 6.54 Å². The van der Waals surface area contributed by atoms with Crippen molar-refractivity contribution in [3.05, 3.63) is 64.7 Å². The van der Waals surface area contributed by atoms with Crippen LogP contribution >= 0.6 is 11.6 Å². The van der Waals surface area contributed by atoms with Gasteiger partial charge >= 0.3 is 0 Å². The first kappa shape index (κ1) is 15.4. The predicted molar refractivity (Wildman–Crippen MR) is 87.3 cm³/mol. The van der Waals surface area contributed by atoms with E-state index in [0.717, 1.165) is 5.56 Å². The molecule has 0 spiro atoms. The van der Waals surface area contributed by atoms with Gasteiger partial charge in [-0.3, -0.25) is 4.79 Å². The zero-order chi connectivity index (χ0) is 15.4. The summed E-state index contributed by atoms with van der Waals surface area (Å²) in [7, 11) is 0. The van der Waals surface area contributed by atoms with Crippen molar-refractivity contribution in [3.63, 3.8) is 0 Å². The van der Waals surface area contributed by atoms with Crippen molar-refractivity contribution in [3.8, 4) is 0 Å². The lowest BCUT2D eigenvalue weighted by Gasteiger charge is -2.27. The van der Waals surface area contributed by atoms with Gasteiger partial charge in [0.2, 0.25) is 0 Å². The highest BCUT2D eigenvalue weighted by Crippen LogP contribution is 2.25. The van der Waals surface area contributed by atoms with Crippen molar-refractivity contribution in [2.45, 2.75) is 26.4 Å². The monoisotopic (exact) mass is 302 g/mol. The van der Waals surface area contributed by atoms with E-state index in [1.165, 1.54) is 0 Å². The summed E-state index contributed by atoms with van der Waals surface area (Å²) >= 11 is 6.17. The van der Waals surface area contributed by atoms with E-state index in [1.807, 2.05) is 44.2 Å². The zero-order valence-electron chi connectivity index (χ0n) is 12.2. The Morgan fingerprint density at radius 3 is 2.43 bits per heavy atom. The first-order valence-electron chi connectivity index (χ1n) is 6.89. The summed E-state index contributed by atoms with van der Waals surface area (Å²) < 4.78 is 0. The first-order chi connectivity index (χ1) is 10.0. The maximum atomic E-state index is 12.7. The fourth-order valence-corrected chi connectivity index (χ4v) is 2.35. The molecule has 2 aromatic rings. The number of hydrogen-bond acceptors (Lipinski definition) is 2. The molecule has 2 aromatic carbocycles. The number of nitrogens with zero attached hydrogens (tertiary/aromatic N) is 1. The number of hydrogen-bond donors (Lipinski definition) is 1. The van der Waals surface area contributed by atoms with Crippen LogP contribution in [0.1, 0.15) is 29.8 Å². The topological polar surface area (TPSA) is 46.3 Å². The molecule has 21 heavy (non-hydrogen) atoms. The third kappa shape index (κ3) is 3.56. The minimum Gasteiger partial charge on any atom is -0.398 e. The minimum atomic E-state index is -0.105. The van der Waals surface area contributed by atoms with Crippen molar-refractivity contribution in [2.75, 3.05) is 5.73 Å². The zero-order valence-corrected chi connectivity index (χ0v) is 13.0. The molecule has 0 aliphatic rings. The molecule has 1 amide bonds. The largest absolute Gasteiger partial charge is 0.398 e. The number of benzene rings is 2. The minimum absolute atomic E-state index is 0.0650. The Balaban J connectivity index is 2.30. The molecule has 0 atom stereocenters. The standard InChI is InChI=1S/C17H19ClN2O/c1-12(2)20(11-13-7-4-3-5-8-13)17(21)14-9-6-10-15(19)16(14)18/h3-10,12H,11,19H2,1-2H3. The summed E-state index contributed by atoms with van der Waals surface area (Å²) in [5, 5.41) is 0.321. The molecule has 0 bridgehead atoms. The normalized spacial score (nSPS) is 10.7. The Bertz CT molecular complexity index is 626. The molecule has 0 aliphatic carbocycles. The fourth-order valence-electron chi connectivity index (χ4n) is 2.14. The van der Waals surface area contributed by atoms with E-state index >= 15 is 0 Å². The lowest BCUT2D eigenvalue weighted by atomic mass is 10.1. The summed E-state index contributed by atoms with van der Waals surface area (Å²) in [4.78, 5) is 14.5. The van der Waals surface area contributed by atoms with Gasteiger partial charge in [0, 0.05) is 12.6 Å². The van der Waals surface area contributed by atoms with E-state index in [4.69, 9.17) is 17.3 Å². The number of carbonyl (C=O) groups is 1. The van der Waals surface area contributed by atoms with Crippen molar-refractivity contribution in [1.29, 1.82) is 0 Å². The van der Waals surface area contributed by atoms with E-state index in [1.54, 1.807) is 23.1 Å². The third-order valence-corrected chi connectivity index (χ3v) is 3.76. The maximum absolute atomic E-state index is 12.7. The molecule has 2 N–H and O–H groups in total. The van der Waals surface area contributed by atoms with Crippen LogP contribution in [0.2, 0.25) is 5.02 Å². The summed E-state index contributed by atoms with van der Waals surface area (Å²) in [5.41, 5.74) is 7.74. The summed E-state index contributed by atoms with van der Waals surface area (Å²) in [6, 6.07) is 15.1. The molecular formula is C17H19ClN2O. The van der Waals surface area contributed by atoms with Gasteiger partial charge in [-0.15, -0.1) is 0 Å². The van der Waals surface area contributed by atoms with Gasteiger partial charge in [0.1, 0.15) is 0 Å². The van der Waals surface area contributed by atoms with Crippen LogP contribution in [0.25, 0.3) is 0 Å². The van der Waals surface area contributed by atoms with Gasteiger partial charge in [-0.25, -0.2) is 0 Å². The van der Waals surface area contributed by atoms with Crippen LogP contribution < -0.4 is 5.73 Å². The second-order valence-corrected chi connectivity index (χ2v) is 5.60. The first-order valence-corrected chi connectivity index (χ1v) is 7.27. The van der Waals surface area contributed by atoms with E-state index in [9.17, 15) is 4.79 Å². The number of rotatable bonds is 4. The number of anilines is 1. The number of nitrogens with two attached hydrogens (primary N) is 1. The lowest BCUT2D eigenvalue weighted by Crippen LogP contribution is -2.36. The fraction of sp³-hybridized carbons (Fsp3) is 0.235. The molecule has 0 unspecified atom stereocenters. The van der Waals surface area contributed by atoms with Gasteiger partial charge in [-0.1, -0.05) is 48.0 Å². The van der Waals surface area contributed by atoms with Crippen LogP contribution in [0.3, 0.4) is 0 Å². The van der Waals surface area contributed by atoms with Crippen LogP contribution in [0, 0.1) is 0 Å². The van der Waals surface area contributed by atoms with Gasteiger partial charge < -0.3 is 10.6 Å². The molecule has 2 rings (SSSR count). The average Bonchev–Trinajstić information content (AvgIpc) is 2.48. The molecule has 0 aliphatic heterocycles. The molecule has 4 heteroatoms. The Morgan fingerprint density at radius 2 is 1.81 bits per heavy atom. The van der Waals surface area contributed by atoms with Crippen molar-refractivity contribution >= 4 is 23.2 Å². The second kappa shape index (κ2) is 6.64. The van der Waals surface area contributed by atoms with Gasteiger partial charge in [0.25, 0.3) is 5.91 Å². The summed E-state index contributed by atoms with van der Waals surface area (Å²) in [5.74, 6) is -0.105. The smallest absolute Gasteiger partial charge is 0.255 e. The van der Waals surface area contributed by atoms with E-state index in [2.05, 4.69) is 0 Å². The highest BCUT2D eigenvalue weighted by molar-refractivity contribution is 6.36. The third-order valence-electron chi connectivity index (χ3n) is 3.34. The average molecular weight is 303 g/mol. The van der Waals surface area contributed by atoms with E-state index in [0.29, 0.717) is 22.8 Å². The van der Waals surface area contributed by atoms with Crippen molar-refractivity contribution in [2.24, 2.45) is 0 Å². The second-order valence-electron chi connectivity index (χ2n) is 5.22. The molecular weight excluding hydrogens is 284 g/mol. The number of amides is 1. The Labute approximate surface area is 130 Å². The van der Waals surface area contributed by atoms with Crippen LogP contribution in [-0.4, -0.2) is 16.8 Å². The quantitative estimate of drug-likeness (QED) is 0.869. The van der Waals surface area contributed by atoms with Crippen LogP contribution in [0.15, 0.2) is 48.5 Å². The van der Waals surface area contributed by atoms with Gasteiger partial charge in [0.05, 0.1) is 16.3 Å². The molecule has 3 nitrogen and oxygen atoms in total. The number of nitrogen functional groups attached to an aromatic ring is 1. The van der Waals surface area contributed by atoms with Gasteiger partial charge in [-0.2, -0.15) is 0 Å².